The minimum absolute atomic E-state index is 0.0145. The zero-order chi connectivity index (χ0) is 20.8. The molecule has 0 aliphatic rings. The number of ether oxygens (including phenoxy) is 1. The molecule has 2 rings (SSSR count). The molecule has 0 aliphatic carbocycles. The van der Waals surface area contributed by atoms with Crippen molar-refractivity contribution in [3.63, 3.8) is 0 Å². The Kier molecular flexibility index (Phi) is 7.39. The molecule has 2 aromatic rings. The Morgan fingerprint density at radius 2 is 1.68 bits per heavy atom. The van der Waals surface area contributed by atoms with E-state index in [2.05, 4.69) is 9.46 Å². The van der Waals surface area contributed by atoms with Crippen molar-refractivity contribution in [2.24, 2.45) is 0 Å². The molecule has 0 spiro atoms. The third kappa shape index (κ3) is 6.18. The number of hydrogen-bond donors (Lipinski definition) is 2. The fourth-order valence-corrected chi connectivity index (χ4v) is 3.68. The number of rotatable bonds is 10. The van der Waals surface area contributed by atoms with Gasteiger partial charge in [-0.1, -0.05) is 42.5 Å². The number of halogens is 4. The molecule has 0 radical (unpaired) electrons. The van der Waals surface area contributed by atoms with Crippen molar-refractivity contribution in [3.8, 4) is 5.75 Å². The molecule has 5 nitrogen and oxygen atoms in total. The highest BCUT2D eigenvalue weighted by Gasteiger charge is 2.44. The lowest BCUT2D eigenvalue weighted by Gasteiger charge is -2.22. The van der Waals surface area contributed by atoms with Crippen LogP contribution in [0.5, 0.6) is 5.75 Å². The number of hydrogen-bond acceptors (Lipinski definition) is 4. The second-order valence-electron chi connectivity index (χ2n) is 5.89. The summed E-state index contributed by atoms with van der Waals surface area (Å²) in [5.41, 5.74) is 0.731. The van der Waals surface area contributed by atoms with Crippen LogP contribution in [0, 0.1) is 0 Å². The number of benzene rings is 2. The maximum atomic E-state index is 13.2. The second-order valence-corrected chi connectivity index (χ2v) is 7.77. The van der Waals surface area contributed by atoms with Gasteiger partial charge in [-0.15, -0.1) is 0 Å². The van der Waals surface area contributed by atoms with Crippen LogP contribution in [-0.2, 0) is 10.0 Å². The number of sulfonamides is 1. The Bertz CT molecular complexity index is 863. The van der Waals surface area contributed by atoms with E-state index in [1.165, 1.54) is 12.1 Å². The lowest BCUT2D eigenvalue weighted by atomic mass is 9.99. The van der Waals surface area contributed by atoms with Crippen LogP contribution in [0.3, 0.4) is 0 Å². The molecule has 0 saturated heterocycles. The normalized spacial score (nSPS) is 13.5. The summed E-state index contributed by atoms with van der Waals surface area (Å²) in [6.45, 7) is -0.317. The second kappa shape index (κ2) is 9.35. The molecular formula is C18H19F4NO4S. The molecule has 2 N–H and O–H groups in total. The van der Waals surface area contributed by atoms with Crippen LogP contribution in [0.1, 0.15) is 23.6 Å². The van der Waals surface area contributed by atoms with E-state index in [1.54, 1.807) is 30.3 Å². The van der Waals surface area contributed by atoms with Crippen LogP contribution in [0.25, 0.3) is 0 Å². The lowest BCUT2D eigenvalue weighted by Crippen LogP contribution is -2.34. The topological polar surface area (TPSA) is 75.6 Å². The van der Waals surface area contributed by atoms with E-state index in [-0.39, 0.29) is 24.3 Å². The van der Waals surface area contributed by atoms with Crippen molar-refractivity contribution in [2.75, 3.05) is 12.4 Å². The lowest BCUT2D eigenvalue weighted by molar-refractivity contribution is -0.253. The van der Waals surface area contributed by atoms with E-state index in [0.717, 1.165) is 12.1 Å². The van der Waals surface area contributed by atoms with E-state index in [9.17, 15) is 26.0 Å². The average molecular weight is 421 g/mol. The molecule has 154 valence electrons. The Hall–Kier alpha value is -2.17. The predicted octanol–water partition coefficient (Wildman–Crippen LogP) is 3.31. The van der Waals surface area contributed by atoms with Gasteiger partial charge in [-0.3, -0.25) is 0 Å². The highest BCUT2D eigenvalue weighted by molar-refractivity contribution is 7.89. The van der Waals surface area contributed by atoms with E-state index in [0.29, 0.717) is 5.56 Å². The molecule has 0 aliphatic heterocycles. The highest BCUT2D eigenvalue weighted by Crippen LogP contribution is 2.31. The van der Waals surface area contributed by atoms with Crippen LogP contribution in [0.15, 0.2) is 54.6 Å². The largest absolute Gasteiger partial charge is 0.461 e. The standard InChI is InChI=1S/C18H19F4NO4S/c19-17(20)18(21,22)27-15-9-4-8-14(12-15)16(13-6-2-1-3-7-13)23-28(25,26)11-5-10-24/h1-4,6-9,12,16-17,23-24H,5,10-11H2. The molecule has 10 heteroatoms. The van der Waals surface area contributed by atoms with E-state index < -0.39 is 34.3 Å². The maximum Gasteiger partial charge on any atom is 0.461 e. The van der Waals surface area contributed by atoms with E-state index in [4.69, 9.17) is 5.11 Å². The van der Waals surface area contributed by atoms with Crippen molar-refractivity contribution in [1.82, 2.24) is 4.72 Å². The quantitative estimate of drug-likeness (QED) is 0.577. The number of nitrogens with one attached hydrogen (secondary N) is 1. The average Bonchev–Trinajstić information content (AvgIpc) is 2.65. The fourth-order valence-electron chi connectivity index (χ4n) is 2.43. The van der Waals surface area contributed by atoms with Crippen molar-refractivity contribution in [2.45, 2.75) is 25.0 Å². The summed E-state index contributed by atoms with van der Waals surface area (Å²) in [6, 6.07) is 12.2. The summed E-state index contributed by atoms with van der Waals surface area (Å²) in [5.74, 6) is -0.870. The van der Waals surface area contributed by atoms with E-state index >= 15 is 0 Å². The van der Waals surface area contributed by atoms with Gasteiger partial charge in [-0.05, 0) is 29.7 Å². The first-order chi connectivity index (χ1) is 13.1. The summed E-state index contributed by atoms with van der Waals surface area (Å²) in [6.07, 6.45) is -8.68. The smallest absolute Gasteiger partial charge is 0.428 e. The van der Waals surface area contributed by atoms with Gasteiger partial charge >= 0.3 is 12.5 Å². The monoisotopic (exact) mass is 421 g/mol. The molecular weight excluding hydrogens is 402 g/mol. The first kappa shape index (κ1) is 22.1. The van der Waals surface area contributed by atoms with Gasteiger partial charge < -0.3 is 9.84 Å². The van der Waals surface area contributed by atoms with Crippen LogP contribution in [-0.4, -0.2) is 38.4 Å². The first-order valence-corrected chi connectivity index (χ1v) is 9.90. The van der Waals surface area contributed by atoms with Crippen molar-refractivity contribution in [3.05, 3.63) is 65.7 Å². The van der Waals surface area contributed by atoms with Gasteiger partial charge in [-0.2, -0.15) is 17.6 Å². The summed E-state index contributed by atoms with van der Waals surface area (Å²) in [5, 5.41) is 8.85. The van der Waals surface area contributed by atoms with Gasteiger partial charge in [0.25, 0.3) is 0 Å². The van der Waals surface area contributed by atoms with Crippen molar-refractivity contribution in [1.29, 1.82) is 0 Å². The zero-order valence-corrected chi connectivity index (χ0v) is 15.4. The summed E-state index contributed by atoms with van der Waals surface area (Å²) in [7, 11) is -3.82. The number of aliphatic hydroxyl groups excluding tert-OH is 1. The molecule has 0 aromatic heterocycles. The van der Waals surface area contributed by atoms with Gasteiger partial charge in [0.15, 0.2) is 0 Å². The number of alkyl halides is 4. The first-order valence-electron chi connectivity index (χ1n) is 8.25. The summed E-state index contributed by atoms with van der Waals surface area (Å²) < 4.78 is 82.2. The molecule has 1 atom stereocenters. The minimum Gasteiger partial charge on any atom is -0.428 e. The van der Waals surface area contributed by atoms with Crippen LogP contribution in [0.4, 0.5) is 17.6 Å². The van der Waals surface area contributed by atoms with Crippen LogP contribution >= 0.6 is 0 Å². The van der Waals surface area contributed by atoms with Gasteiger partial charge in [0.1, 0.15) is 5.75 Å². The Morgan fingerprint density at radius 1 is 1.04 bits per heavy atom. The third-order valence-electron chi connectivity index (χ3n) is 3.70. The van der Waals surface area contributed by atoms with Crippen LogP contribution < -0.4 is 9.46 Å². The van der Waals surface area contributed by atoms with Gasteiger partial charge in [-0.25, -0.2) is 13.1 Å². The summed E-state index contributed by atoms with van der Waals surface area (Å²) >= 11 is 0. The molecule has 28 heavy (non-hydrogen) atoms. The molecule has 0 amide bonds. The minimum atomic E-state index is -4.68. The Balaban J connectivity index is 2.37. The molecule has 0 heterocycles. The molecule has 0 saturated carbocycles. The van der Waals surface area contributed by atoms with Gasteiger partial charge in [0.05, 0.1) is 11.8 Å². The van der Waals surface area contributed by atoms with Crippen molar-refractivity contribution >= 4 is 10.0 Å². The molecule has 2 aromatic carbocycles. The Labute approximate surface area is 160 Å². The highest BCUT2D eigenvalue weighted by atomic mass is 32.2. The van der Waals surface area contributed by atoms with Crippen LogP contribution in [0.2, 0.25) is 0 Å². The zero-order valence-electron chi connectivity index (χ0n) is 14.6. The fraction of sp³-hybridized carbons (Fsp3) is 0.333. The molecule has 0 bridgehead atoms. The van der Waals surface area contributed by atoms with Crippen molar-refractivity contribution < 1.29 is 35.8 Å². The van der Waals surface area contributed by atoms with Gasteiger partial charge in [0.2, 0.25) is 10.0 Å². The third-order valence-corrected chi connectivity index (χ3v) is 5.12. The Morgan fingerprint density at radius 3 is 2.29 bits per heavy atom. The van der Waals surface area contributed by atoms with E-state index in [1.807, 2.05) is 0 Å². The van der Waals surface area contributed by atoms with Gasteiger partial charge in [0, 0.05) is 6.61 Å². The molecule has 0 fully saturated rings. The number of aliphatic hydroxyl groups is 1. The summed E-state index contributed by atoms with van der Waals surface area (Å²) in [4.78, 5) is 0. The maximum absolute atomic E-state index is 13.2. The molecule has 1 unspecified atom stereocenters. The SMILES string of the molecule is O=S(=O)(CCCO)NC(c1ccccc1)c1cccc(OC(F)(F)C(F)F)c1. The predicted molar refractivity (Wildman–Crippen MR) is 94.9 cm³/mol.